The average molecular weight is 669 g/mol. The first-order valence-corrected chi connectivity index (χ1v) is 16.8. The van der Waals surface area contributed by atoms with Crippen LogP contribution in [-0.2, 0) is 30.5 Å². The lowest BCUT2D eigenvalue weighted by Gasteiger charge is -2.36. The molecule has 4 aromatic carbocycles. The van der Waals surface area contributed by atoms with Gasteiger partial charge in [-0.2, -0.15) is 0 Å². The Morgan fingerprint density at radius 2 is 1.42 bits per heavy atom. The number of benzene rings is 4. The van der Waals surface area contributed by atoms with Gasteiger partial charge in [-0.15, -0.1) is 11.8 Å². The van der Waals surface area contributed by atoms with E-state index in [1.54, 1.807) is 36.0 Å². The number of amides is 3. The molecule has 6 N–H and O–H groups in total. The first kappa shape index (κ1) is 34.6. The lowest BCUT2D eigenvalue weighted by molar-refractivity contribution is -0.245. The zero-order valence-electron chi connectivity index (χ0n) is 26.7. The van der Waals surface area contributed by atoms with Gasteiger partial charge < -0.3 is 36.3 Å². The van der Waals surface area contributed by atoms with E-state index < -0.39 is 6.29 Å². The van der Waals surface area contributed by atoms with Gasteiger partial charge in [0.05, 0.1) is 30.2 Å². The van der Waals surface area contributed by atoms with E-state index in [1.807, 2.05) is 72.8 Å². The van der Waals surface area contributed by atoms with Crippen molar-refractivity contribution < 1.29 is 29.0 Å². The molecule has 5 rings (SSSR count). The molecule has 250 valence electrons. The Morgan fingerprint density at radius 1 is 0.792 bits per heavy atom. The van der Waals surface area contributed by atoms with E-state index >= 15 is 0 Å². The second-order valence-corrected chi connectivity index (χ2v) is 12.6. The van der Waals surface area contributed by atoms with Crippen molar-refractivity contribution in [1.82, 2.24) is 0 Å². The Hall–Kier alpha value is -4.68. The van der Waals surface area contributed by atoms with Crippen LogP contribution in [0.1, 0.15) is 61.7 Å². The molecule has 0 radical (unpaired) electrons. The zero-order valence-corrected chi connectivity index (χ0v) is 27.5. The largest absolute Gasteiger partial charge is 0.397 e. The van der Waals surface area contributed by atoms with Gasteiger partial charge in [-0.25, -0.2) is 0 Å². The van der Waals surface area contributed by atoms with Gasteiger partial charge in [0, 0.05) is 53.8 Å². The van der Waals surface area contributed by atoms with Gasteiger partial charge in [0.1, 0.15) is 0 Å². The van der Waals surface area contributed by atoms with Crippen molar-refractivity contribution >= 4 is 52.2 Å². The molecule has 1 heterocycles. The van der Waals surface area contributed by atoms with Crippen molar-refractivity contribution in [2.75, 3.05) is 27.4 Å². The third-order valence-electron chi connectivity index (χ3n) is 7.73. The monoisotopic (exact) mass is 668 g/mol. The van der Waals surface area contributed by atoms with E-state index in [0.717, 1.165) is 27.3 Å². The van der Waals surface area contributed by atoms with Crippen molar-refractivity contribution in [2.45, 2.75) is 62.6 Å². The summed E-state index contributed by atoms with van der Waals surface area (Å²) in [4.78, 5) is 37.3. The van der Waals surface area contributed by atoms with E-state index in [4.69, 9.17) is 15.2 Å². The van der Waals surface area contributed by atoms with Gasteiger partial charge in [-0.05, 0) is 66.1 Å². The first-order valence-electron chi connectivity index (χ1n) is 15.8. The summed E-state index contributed by atoms with van der Waals surface area (Å²) in [5, 5.41) is 17.9. The van der Waals surface area contributed by atoms with Crippen LogP contribution in [0.5, 0.6) is 0 Å². The quantitative estimate of drug-likeness (QED) is 0.0770. The molecule has 11 heteroatoms. The van der Waals surface area contributed by atoms with E-state index in [-0.39, 0.29) is 49.4 Å². The molecule has 1 fully saturated rings. The number of aliphatic hydroxyl groups is 1. The molecule has 0 aliphatic carbocycles. The third kappa shape index (κ3) is 10.2. The summed E-state index contributed by atoms with van der Waals surface area (Å²) >= 11 is 1.67. The van der Waals surface area contributed by atoms with Crippen LogP contribution in [0.4, 0.5) is 22.7 Å². The van der Waals surface area contributed by atoms with E-state index in [0.29, 0.717) is 35.7 Å². The Balaban J connectivity index is 1.17. The minimum Gasteiger partial charge on any atom is -0.397 e. The van der Waals surface area contributed by atoms with Crippen LogP contribution in [0.15, 0.2) is 102 Å². The SMILES string of the molecule is CC(=O)Nc1ccc(SCC2CC(c3ccc(CO)cc3)OC(c3ccc(NC(=O)CCCC(=O)Nc4ccccc4N)cc3)O2)cc1. The second-order valence-electron chi connectivity index (χ2n) is 11.5. The zero-order chi connectivity index (χ0) is 33.9. The Morgan fingerprint density at radius 3 is 2.08 bits per heavy atom. The summed E-state index contributed by atoms with van der Waals surface area (Å²) in [5.74, 6) is 0.193. The predicted octanol–water partition coefficient (Wildman–Crippen LogP) is 6.80. The molecule has 1 aliphatic heterocycles. The number of carbonyl (C=O) groups is 3. The highest BCUT2D eigenvalue weighted by molar-refractivity contribution is 7.99. The number of rotatable bonds is 13. The molecule has 3 amide bonds. The minimum atomic E-state index is -0.629. The van der Waals surface area contributed by atoms with Crippen LogP contribution < -0.4 is 21.7 Å². The van der Waals surface area contributed by atoms with Gasteiger partial charge in [0.25, 0.3) is 0 Å². The van der Waals surface area contributed by atoms with E-state index in [9.17, 15) is 19.5 Å². The molecule has 10 nitrogen and oxygen atoms in total. The molecule has 48 heavy (non-hydrogen) atoms. The number of para-hydroxylation sites is 2. The fourth-order valence-corrected chi connectivity index (χ4v) is 6.15. The van der Waals surface area contributed by atoms with Crippen LogP contribution in [0.3, 0.4) is 0 Å². The molecule has 3 unspecified atom stereocenters. The molecule has 4 aromatic rings. The van der Waals surface area contributed by atoms with Gasteiger partial charge in [0.2, 0.25) is 17.7 Å². The maximum Gasteiger partial charge on any atom is 0.224 e. The van der Waals surface area contributed by atoms with Crippen molar-refractivity contribution in [3.63, 3.8) is 0 Å². The smallest absolute Gasteiger partial charge is 0.224 e. The number of nitrogens with one attached hydrogen (secondary N) is 3. The highest BCUT2D eigenvalue weighted by Gasteiger charge is 2.32. The standard InChI is InChI=1S/C37H40N4O6S/c1-24(43)39-28-17-19-31(20-18-28)48-23-30-21-34(26-11-9-25(22-42)10-12-26)47-37(46-30)27-13-15-29(16-14-27)40-35(44)7-4-8-36(45)41-33-6-3-2-5-32(33)38/h2-3,5-6,9-20,30,34,37,42H,4,7-8,21-23,38H2,1H3,(H,39,43)(H,40,44)(H,41,45). The molecule has 0 aromatic heterocycles. The van der Waals surface area contributed by atoms with Crippen LogP contribution in [-0.4, -0.2) is 34.7 Å². The molecule has 0 spiro atoms. The van der Waals surface area contributed by atoms with Crippen LogP contribution in [0, 0.1) is 0 Å². The third-order valence-corrected chi connectivity index (χ3v) is 8.88. The number of thioether (sulfide) groups is 1. The summed E-state index contributed by atoms with van der Waals surface area (Å²) in [6.07, 6.45) is 0.461. The molecular formula is C37H40N4O6S. The number of carbonyl (C=O) groups excluding carboxylic acids is 3. The number of aliphatic hydroxyl groups excluding tert-OH is 1. The fraction of sp³-hybridized carbons (Fsp3) is 0.270. The highest BCUT2D eigenvalue weighted by atomic mass is 32.2. The number of nitrogens with two attached hydrogens (primary N) is 1. The van der Waals surface area contributed by atoms with Gasteiger partial charge >= 0.3 is 0 Å². The Labute approximate surface area is 284 Å². The fourth-order valence-electron chi connectivity index (χ4n) is 5.23. The summed E-state index contributed by atoms with van der Waals surface area (Å²) in [6, 6.07) is 29.9. The summed E-state index contributed by atoms with van der Waals surface area (Å²) in [5.41, 5.74) is 11.0. The molecule has 3 atom stereocenters. The highest BCUT2D eigenvalue weighted by Crippen LogP contribution is 2.39. The van der Waals surface area contributed by atoms with Gasteiger partial charge in [-0.3, -0.25) is 14.4 Å². The van der Waals surface area contributed by atoms with Crippen LogP contribution in [0.25, 0.3) is 0 Å². The molecule has 1 aliphatic rings. The van der Waals surface area contributed by atoms with Gasteiger partial charge in [-0.1, -0.05) is 48.5 Å². The van der Waals surface area contributed by atoms with E-state index in [2.05, 4.69) is 16.0 Å². The van der Waals surface area contributed by atoms with Crippen molar-refractivity contribution in [2.24, 2.45) is 0 Å². The molecular weight excluding hydrogens is 628 g/mol. The number of hydrogen-bond donors (Lipinski definition) is 5. The number of hydrogen-bond acceptors (Lipinski definition) is 8. The van der Waals surface area contributed by atoms with Crippen molar-refractivity contribution in [1.29, 1.82) is 0 Å². The maximum absolute atomic E-state index is 12.6. The topological polar surface area (TPSA) is 152 Å². The van der Waals surface area contributed by atoms with Crippen molar-refractivity contribution in [3.05, 3.63) is 114 Å². The molecule has 1 saturated heterocycles. The maximum atomic E-state index is 12.6. The van der Waals surface area contributed by atoms with Crippen LogP contribution >= 0.6 is 11.8 Å². The normalized spacial score (nSPS) is 17.3. The summed E-state index contributed by atoms with van der Waals surface area (Å²) in [6.45, 7) is 1.45. The molecule has 0 bridgehead atoms. The Bertz CT molecular complexity index is 1680. The number of ether oxygens (including phenoxy) is 2. The first-order chi connectivity index (χ1) is 23.2. The van der Waals surface area contributed by atoms with Gasteiger partial charge in [0.15, 0.2) is 6.29 Å². The predicted molar refractivity (Wildman–Crippen MR) is 188 cm³/mol. The second kappa shape index (κ2) is 16.9. The summed E-state index contributed by atoms with van der Waals surface area (Å²) in [7, 11) is 0. The molecule has 0 saturated carbocycles. The van der Waals surface area contributed by atoms with Crippen LogP contribution in [0.2, 0.25) is 0 Å². The van der Waals surface area contributed by atoms with E-state index in [1.165, 1.54) is 6.92 Å². The summed E-state index contributed by atoms with van der Waals surface area (Å²) < 4.78 is 12.9. The average Bonchev–Trinajstić information content (AvgIpc) is 3.09. The lowest BCUT2D eigenvalue weighted by atomic mass is 10.0. The lowest BCUT2D eigenvalue weighted by Crippen LogP contribution is -2.31. The van der Waals surface area contributed by atoms with Crippen molar-refractivity contribution in [3.8, 4) is 0 Å². The number of nitrogen functional groups attached to an aromatic ring is 1. The Kier molecular flexibility index (Phi) is 12.2. The minimum absolute atomic E-state index is 0.0282. The number of anilines is 4.